The highest BCUT2D eigenvalue weighted by Crippen LogP contribution is 2.43. The second-order valence-corrected chi connectivity index (χ2v) is 6.38. The second-order valence-electron chi connectivity index (χ2n) is 6.38. The molecular formula is C14H26N2O2. The maximum absolute atomic E-state index is 12.3. The summed E-state index contributed by atoms with van der Waals surface area (Å²) in [6.07, 6.45) is 4.42. The quantitative estimate of drug-likeness (QED) is 0.794. The lowest BCUT2D eigenvalue weighted by Gasteiger charge is -2.51. The van der Waals surface area contributed by atoms with Crippen molar-refractivity contribution in [1.82, 2.24) is 5.32 Å². The van der Waals surface area contributed by atoms with Gasteiger partial charge in [-0.3, -0.25) is 4.79 Å². The number of ether oxygens (including phenoxy) is 1. The average Bonchev–Trinajstić information content (AvgIpc) is 2.81. The predicted molar refractivity (Wildman–Crippen MR) is 71.0 cm³/mol. The van der Waals surface area contributed by atoms with Crippen LogP contribution in [0.25, 0.3) is 0 Å². The molecule has 104 valence electrons. The number of nitrogens with one attached hydrogen (secondary N) is 1. The summed E-state index contributed by atoms with van der Waals surface area (Å²) < 4.78 is 5.41. The van der Waals surface area contributed by atoms with Crippen LogP contribution in [0.2, 0.25) is 0 Å². The Bertz CT molecular complexity index is 317. The normalized spacial score (nSPS) is 38.2. The van der Waals surface area contributed by atoms with Crippen LogP contribution in [0.4, 0.5) is 0 Å². The van der Waals surface area contributed by atoms with Crippen LogP contribution in [0.3, 0.4) is 0 Å². The molecule has 0 aromatic carbocycles. The first kappa shape index (κ1) is 13.8. The van der Waals surface area contributed by atoms with Crippen LogP contribution < -0.4 is 11.1 Å². The highest BCUT2D eigenvalue weighted by Gasteiger charge is 2.50. The Kier molecular flexibility index (Phi) is 3.97. The van der Waals surface area contributed by atoms with E-state index in [-0.39, 0.29) is 29.4 Å². The van der Waals surface area contributed by atoms with Crippen LogP contribution in [0.1, 0.15) is 39.5 Å². The summed E-state index contributed by atoms with van der Waals surface area (Å²) in [5, 5.41) is 3.20. The molecule has 0 aliphatic heterocycles. The molecule has 0 aromatic rings. The molecule has 2 aliphatic carbocycles. The van der Waals surface area contributed by atoms with E-state index < -0.39 is 0 Å². The maximum Gasteiger partial charge on any atom is 0.223 e. The summed E-state index contributed by atoms with van der Waals surface area (Å²) in [6.45, 7) is 4.95. The molecule has 4 nitrogen and oxygen atoms in total. The van der Waals surface area contributed by atoms with E-state index in [2.05, 4.69) is 19.2 Å². The minimum Gasteiger partial charge on any atom is -0.381 e. The number of carbonyl (C=O) groups excluding carboxylic acids is 1. The molecule has 2 rings (SSSR count). The minimum absolute atomic E-state index is 0.0429. The van der Waals surface area contributed by atoms with Crippen LogP contribution in [0, 0.1) is 17.3 Å². The van der Waals surface area contributed by atoms with E-state index in [1.54, 1.807) is 7.11 Å². The largest absolute Gasteiger partial charge is 0.381 e. The highest BCUT2D eigenvalue weighted by molar-refractivity contribution is 5.79. The van der Waals surface area contributed by atoms with Gasteiger partial charge in [0.1, 0.15) is 0 Å². The fraction of sp³-hybridized carbons (Fsp3) is 0.929. The van der Waals surface area contributed by atoms with Crippen LogP contribution in [0.5, 0.6) is 0 Å². The first-order valence-corrected chi connectivity index (χ1v) is 7.04. The number of methoxy groups -OCH3 is 1. The lowest BCUT2D eigenvalue weighted by molar-refractivity contribution is -0.137. The van der Waals surface area contributed by atoms with Crippen molar-refractivity contribution in [3.8, 4) is 0 Å². The summed E-state index contributed by atoms with van der Waals surface area (Å²) in [5.74, 6) is 0.717. The van der Waals surface area contributed by atoms with Crippen LogP contribution in [-0.4, -0.2) is 31.7 Å². The Morgan fingerprint density at radius 3 is 2.72 bits per heavy atom. The first-order valence-electron chi connectivity index (χ1n) is 7.04. The zero-order valence-corrected chi connectivity index (χ0v) is 11.7. The molecule has 0 bridgehead atoms. The average molecular weight is 254 g/mol. The smallest absolute Gasteiger partial charge is 0.223 e. The number of carbonyl (C=O) groups is 1. The molecule has 4 unspecified atom stereocenters. The van der Waals surface area contributed by atoms with Gasteiger partial charge in [-0.25, -0.2) is 0 Å². The Morgan fingerprint density at radius 2 is 2.17 bits per heavy atom. The highest BCUT2D eigenvalue weighted by atomic mass is 16.5. The van der Waals surface area contributed by atoms with Gasteiger partial charge in [0.15, 0.2) is 0 Å². The van der Waals surface area contributed by atoms with Crippen LogP contribution in [-0.2, 0) is 9.53 Å². The molecule has 4 heteroatoms. The molecule has 0 saturated heterocycles. The van der Waals surface area contributed by atoms with Gasteiger partial charge in [0.05, 0.1) is 6.10 Å². The van der Waals surface area contributed by atoms with Gasteiger partial charge in [-0.15, -0.1) is 0 Å². The van der Waals surface area contributed by atoms with E-state index in [1.807, 2.05) is 0 Å². The molecule has 2 fully saturated rings. The number of rotatable bonds is 4. The van der Waals surface area contributed by atoms with Crippen LogP contribution in [0.15, 0.2) is 0 Å². The third-order valence-electron chi connectivity index (χ3n) is 5.08. The van der Waals surface area contributed by atoms with E-state index in [1.165, 1.54) is 0 Å². The van der Waals surface area contributed by atoms with Crippen molar-refractivity contribution < 1.29 is 9.53 Å². The SMILES string of the molecule is COC1CC(NC(=O)C2CCCC2CN)C1(C)C. The topological polar surface area (TPSA) is 64.3 Å². The Balaban J connectivity index is 1.89. The number of nitrogens with two attached hydrogens (primary N) is 1. The second kappa shape index (κ2) is 5.17. The molecule has 18 heavy (non-hydrogen) atoms. The fourth-order valence-corrected chi connectivity index (χ4v) is 3.47. The van der Waals surface area contributed by atoms with Crippen molar-refractivity contribution in [2.75, 3.05) is 13.7 Å². The van der Waals surface area contributed by atoms with E-state index >= 15 is 0 Å². The lowest BCUT2D eigenvalue weighted by Crippen LogP contribution is -2.62. The number of amides is 1. The summed E-state index contributed by atoms with van der Waals surface area (Å²) in [5.41, 5.74) is 5.78. The third kappa shape index (κ3) is 2.28. The molecule has 0 aromatic heterocycles. The molecule has 1 amide bonds. The van der Waals surface area contributed by atoms with Gasteiger partial charge in [-0.2, -0.15) is 0 Å². The Morgan fingerprint density at radius 1 is 1.44 bits per heavy atom. The molecule has 2 saturated carbocycles. The van der Waals surface area contributed by atoms with Crippen molar-refractivity contribution in [3.05, 3.63) is 0 Å². The zero-order valence-electron chi connectivity index (χ0n) is 11.7. The van der Waals surface area contributed by atoms with Crippen molar-refractivity contribution in [1.29, 1.82) is 0 Å². The van der Waals surface area contributed by atoms with Gasteiger partial charge in [0.25, 0.3) is 0 Å². The van der Waals surface area contributed by atoms with Crippen molar-refractivity contribution in [3.63, 3.8) is 0 Å². The molecule has 0 radical (unpaired) electrons. The van der Waals surface area contributed by atoms with Gasteiger partial charge in [-0.1, -0.05) is 20.3 Å². The zero-order chi connectivity index (χ0) is 13.3. The monoisotopic (exact) mass is 254 g/mol. The fourth-order valence-electron chi connectivity index (χ4n) is 3.47. The van der Waals surface area contributed by atoms with Crippen molar-refractivity contribution in [2.45, 2.75) is 51.7 Å². The van der Waals surface area contributed by atoms with Crippen molar-refractivity contribution in [2.24, 2.45) is 23.0 Å². The maximum atomic E-state index is 12.3. The molecular weight excluding hydrogens is 228 g/mol. The van der Waals surface area contributed by atoms with Gasteiger partial charge in [0, 0.05) is 24.5 Å². The summed E-state index contributed by atoms with van der Waals surface area (Å²) in [4.78, 5) is 12.3. The van der Waals surface area contributed by atoms with Crippen molar-refractivity contribution >= 4 is 5.91 Å². The molecule has 0 heterocycles. The van der Waals surface area contributed by atoms with Crippen LogP contribution >= 0.6 is 0 Å². The molecule has 2 aliphatic rings. The van der Waals surface area contributed by atoms with E-state index in [9.17, 15) is 4.79 Å². The summed E-state index contributed by atoms with van der Waals surface area (Å²) in [6, 6.07) is 0.244. The van der Waals surface area contributed by atoms with Gasteiger partial charge >= 0.3 is 0 Å². The van der Waals surface area contributed by atoms with E-state index in [0.717, 1.165) is 25.7 Å². The molecule has 4 atom stereocenters. The summed E-state index contributed by atoms with van der Waals surface area (Å²) >= 11 is 0. The standard InChI is InChI=1S/C14H26N2O2/c1-14(2)11(7-12(14)18-3)16-13(17)10-6-4-5-9(10)8-15/h9-12H,4-8,15H2,1-3H3,(H,16,17). The molecule has 0 spiro atoms. The van der Waals surface area contributed by atoms with E-state index in [0.29, 0.717) is 12.5 Å². The first-order chi connectivity index (χ1) is 8.50. The number of hydrogen-bond donors (Lipinski definition) is 2. The Labute approximate surface area is 110 Å². The predicted octanol–water partition coefficient (Wildman–Crippen LogP) is 1.29. The molecule has 3 N–H and O–H groups in total. The number of hydrogen-bond acceptors (Lipinski definition) is 3. The third-order valence-corrected chi connectivity index (χ3v) is 5.08. The van der Waals surface area contributed by atoms with Gasteiger partial charge in [0.2, 0.25) is 5.91 Å². The van der Waals surface area contributed by atoms with E-state index in [4.69, 9.17) is 10.5 Å². The lowest BCUT2D eigenvalue weighted by atomic mass is 9.64. The van der Waals surface area contributed by atoms with Gasteiger partial charge < -0.3 is 15.8 Å². The minimum atomic E-state index is 0.0429. The summed E-state index contributed by atoms with van der Waals surface area (Å²) in [7, 11) is 1.74. The Hall–Kier alpha value is -0.610. The van der Waals surface area contributed by atoms with Gasteiger partial charge in [-0.05, 0) is 31.7 Å².